The largest absolute Gasteiger partial charge is 0.491 e. The van der Waals surface area contributed by atoms with E-state index in [1.165, 1.54) is 0 Å². The number of aryl methyl sites for hydroxylation is 1. The Morgan fingerprint density at radius 3 is 2.31 bits per heavy atom. The van der Waals surface area contributed by atoms with E-state index < -0.39 is 0 Å². The van der Waals surface area contributed by atoms with Gasteiger partial charge in [0.25, 0.3) is 0 Å². The fraction of sp³-hybridized carbons (Fsp3) is 0.238. The van der Waals surface area contributed by atoms with Crippen molar-refractivity contribution in [3.8, 4) is 5.75 Å². The van der Waals surface area contributed by atoms with Crippen LogP contribution < -0.4 is 15.0 Å². The minimum atomic E-state index is 0.161. The molecule has 0 fully saturated rings. The van der Waals surface area contributed by atoms with E-state index in [2.05, 4.69) is 15.3 Å². The Morgan fingerprint density at radius 1 is 0.962 bits per heavy atom. The molecule has 0 radical (unpaired) electrons. The highest BCUT2D eigenvalue weighted by Crippen LogP contribution is 2.24. The van der Waals surface area contributed by atoms with E-state index in [4.69, 9.17) is 4.74 Å². The number of aromatic nitrogens is 2. The first kappa shape index (κ1) is 17.7. The summed E-state index contributed by atoms with van der Waals surface area (Å²) in [6.07, 6.45) is 0.161. The number of hydrogen-bond acceptors (Lipinski definition) is 5. The highest BCUT2D eigenvalue weighted by Gasteiger charge is 2.09. The van der Waals surface area contributed by atoms with Crippen LogP contribution in [-0.4, -0.2) is 23.1 Å². The van der Waals surface area contributed by atoms with Gasteiger partial charge in [0.2, 0.25) is 5.95 Å². The van der Waals surface area contributed by atoms with Gasteiger partial charge in [0, 0.05) is 30.2 Å². The summed E-state index contributed by atoms with van der Waals surface area (Å²) in [6, 6.07) is 19.9. The van der Waals surface area contributed by atoms with Gasteiger partial charge in [-0.05, 0) is 57.2 Å². The van der Waals surface area contributed by atoms with Gasteiger partial charge in [-0.2, -0.15) is 4.98 Å². The summed E-state index contributed by atoms with van der Waals surface area (Å²) in [7, 11) is 1.96. The van der Waals surface area contributed by atoms with Crippen molar-refractivity contribution in [2.24, 2.45) is 0 Å². The molecular formula is C21H24N4O. The Labute approximate surface area is 154 Å². The summed E-state index contributed by atoms with van der Waals surface area (Å²) >= 11 is 0. The zero-order chi connectivity index (χ0) is 18.5. The second kappa shape index (κ2) is 7.87. The van der Waals surface area contributed by atoms with Gasteiger partial charge in [-0.3, -0.25) is 0 Å². The molecule has 0 saturated heterocycles. The van der Waals surface area contributed by atoms with Gasteiger partial charge in [0.15, 0.2) is 0 Å². The molecule has 0 saturated carbocycles. The predicted molar refractivity (Wildman–Crippen MR) is 107 cm³/mol. The summed E-state index contributed by atoms with van der Waals surface area (Å²) in [4.78, 5) is 11.2. The smallest absolute Gasteiger partial charge is 0.231 e. The molecule has 3 rings (SSSR count). The first-order chi connectivity index (χ1) is 12.5. The van der Waals surface area contributed by atoms with Crippen LogP contribution in [0.15, 0.2) is 60.7 Å². The number of nitrogens with zero attached hydrogens (tertiary/aromatic N) is 3. The highest BCUT2D eigenvalue weighted by molar-refractivity contribution is 5.61. The number of ether oxygens (including phenoxy) is 1. The van der Waals surface area contributed by atoms with Gasteiger partial charge in [0.05, 0.1) is 6.10 Å². The number of rotatable bonds is 6. The topological polar surface area (TPSA) is 50.3 Å². The molecule has 0 amide bonds. The van der Waals surface area contributed by atoms with E-state index >= 15 is 0 Å². The first-order valence-electron chi connectivity index (χ1n) is 8.69. The van der Waals surface area contributed by atoms with E-state index in [1.807, 2.05) is 93.4 Å². The summed E-state index contributed by atoms with van der Waals surface area (Å²) < 4.78 is 5.68. The minimum Gasteiger partial charge on any atom is -0.491 e. The molecule has 5 heteroatoms. The van der Waals surface area contributed by atoms with Gasteiger partial charge in [-0.1, -0.05) is 18.2 Å². The van der Waals surface area contributed by atoms with E-state index in [1.54, 1.807) is 0 Å². The van der Waals surface area contributed by atoms with Gasteiger partial charge in [-0.25, -0.2) is 4.98 Å². The Balaban J connectivity index is 1.79. The first-order valence-corrected chi connectivity index (χ1v) is 8.69. The van der Waals surface area contributed by atoms with Crippen LogP contribution in [-0.2, 0) is 0 Å². The Kier molecular flexibility index (Phi) is 5.37. The molecule has 0 aliphatic rings. The van der Waals surface area contributed by atoms with Crippen LogP contribution in [0.4, 0.5) is 23.1 Å². The van der Waals surface area contributed by atoms with Crippen molar-refractivity contribution >= 4 is 23.1 Å². The van der Waals surface area contributed by atoms with Crippen LogP contribution in [0.3, 0.4) is 0 Å². The standard InChI is InChI=1S/C21H24N4O/c1-15(2)26-19-12-10-17(11-13-19)23-20-14-16(3)22-21(24-20)25(4)18-8-6-5-7-9-18/h5-15H,1-4H3,(H,22,23,24). The van der Waals surface area contributed by atoms with Gasteiger partial charge < -0.3 is 15.0 Å². The molecule has 1 N–H and O–H groups in total. The molecule has 5 nitrogen and oxygen atoms in total. The number of nitrogens with one attached hydrogen (secondary N) is 1. The van der Waals surface area contributed by atoms with Crippen molar-refractivity contribution in [1.82, 2.24) is 9.97 Å². The lowest BCUT2D eigenvalue weighted by Crippen LogP contribution is -2.14. The average molecular weight is 348 g/mol. The number of benzene rings is 2. The lowest BCUT2D eigenvalue weighted by atomic mass is 10.3. The molecule has 0 unspecified atom stereocenters. The third-order valence-corrected chi connectivity index (χ3v) is 3.78. The maximum absolute atomic E-state index is 5.68. The predicted octanol–water partition coefficient (Wildman–Crippen LogP) is 5.08. The van der Waals surface area contributed by atoms with Crippen molar-refractivity contribution in [3.63, 3.8) is 0 Å². The van der Waals surface area contributed by atoms with Crippen LogP contribution in [0, 0.1) is 6.92 Å². The second-order valence-electron chi connectivity index (χ2n) is 6.41. The molecule has 0 aliphatic heterocycles. The molecule has 1 heterocycles. The van der Waals surface area contributed by atoms with Crippen molar-refractivity contribution in [2.75, 3.05) is 17.3 Å². The van der Waals surface area contributed by atoms with Crippen LogP contribution in [0.25, 0.3) is 0 Å². The van der Waals surface area contributed by atoms with E-state index in [9.17, 15) is 0 Å². The fourth-order valence-electron chi connectivity index (χ4n) is 2.57. The second-order valence-corrected chi connectivity index (χ2v) is 6.41. The van der Waals surface area contributed by atoms with E-state index in [0.29, 0.717) is 5.95 Å². The SMILES string of the molecule is Cc1cc(Nc2ccc(OC(C)C)cc2)nc(N(C)c2ccccc2)n1. The number of hydrogen-bond donors (Lipinski definition) is 1. The molecule has 0 spiro atoms. The number of anilines is 4. The lowest BCUT2D eigenvalue weighted by Gasteiger charge is -2.18. The monoisotopic (exact) mass is 348 g/mol. The van der Waals surface area contributed by atoms with Crippen LogP contribution in [0.1, 0.15) is 19.5 Å². The highest BCUT2D eigenvalue weighted by atomic mass is 16.5. The summed E-state index contributed by atoms with van der Waals surface area (Å²) in [5.74, 6) is 2.26. The number of para-hydroxylation sites is 1. The molecule has 0 atom stereocenters. The quantitative estimate of drug-likeness (QED) is 0.673. The Hall–Kier alpha value is -3.08. The molecule has 134 valence electrons. The summed E-state index contributed by atoms with van der Waals surface area (Å²) in [6.45, 7) is 6.00. The van der Waals surface area contributed by atoms with Gasteiger partial charge >= 0.3 is 0 Å². The normalized spacial score (nSPS) is 10.7. The Morgan fingerprint density at radius 2 is 1.65 bits per heavy atom. The van der Waals surface area contributed by atoms with Crippen LogP contribution >= 0.6 is 0 Å². The summed E-state index contributed by atoms with van der Waals surface area (Å²) in [5, 5.41) is 3.34. The molecule has 0 bridgehead atoms. The third kappa shape index (κ3) is 4.51. The zero-order valence-corrected chi connectivity index (χ0v) is 15.6. The molecule has 26 heavy (non-hydrogen) atoms. The fourth-order valence-corrected chi connectivity index (χ4v) is 2.57. The molecular weight excluding hydrogens is 324 g/mol. The van der Waals surface area contributed by atoms with Crippen molar-refractivity contribution in [2.45, 2.75) is 26.9 Å². The van der Waals surface area contributed by atoms with Gasteiger partial charge in [0.1, 0.15) is 11.6 Å². The minimum absolute atomic E-state index is 0.161. The molecule has 0 aliphatic carbocycles. The van der Waals surface area contributed by atoms with Crippen molar-refractivity contribution in [3.05, 3.63) is 66.4 Å². The lowest BCUT2D eigenvalue weighted by molar-refractivity contribution is 0.242. The third-order valence-electron chi connectivity index (χ3n) is 3.78. The average Bonchev–Trinajstić information content (AvgIpc) is 2.62. The van der Waals surface area contributed by atoms with Crippen molar-refractivity contribution in [1.29, 1.82) is 0 Å². The Bertz CT molecular complexity index is 848. The van der Waals surface area contributed by atoms with Crippen LogP contribution in [0.2, 0.25) is 0 Å². The maximum atomic E-state index is 5.68. The summed E-state index contributed by atoms with van der Waals surface area (Å²) in [5.41, 5.74) is 2.90. The van der Waals surface area contributed by atoms with E-state index in [0.717, 1.165) is 28.6 Å². The zero-order valence-electron chi connectivity index (χ0n) is 15.6. The van der Waals surface area contributed by atoms with Gasteiger partial charge in [-0.15, -0.1) is 0 Å². The van der Waals surface area contributed by atoms with Crippen molar-refractivity contribution < 1.29 is 4.74 Å². The molecule has 2 aromatic carbocycles. The molecule has 1 aromatic heterocycles. The van der Waals surface area contributed by atoms with E-state index in [-0.39, 0.29) is 6.10 Å². The maximum Gasteiger partial charge on any atom is 0.231 e. The molecule has 3 aromatic rings. The van der Waals surface area contributed by atoms with Crippen LogP contribution in [0.5, 0.6) is 5.75 Å².